The van der Waals surface area contributed by atoms with E-state index < -0.39 is 30.1 Å². The molecule has 91 heavy (non-hydrogen) atoms. The third kappa shape index (κ3) is 16.1. The first-order valence-electron chi connectivity index (χ1n) is 31.8. The molecule has 0 radical (unpaired) electrons. The van der Waals surface area contributed by atoms with Crippen molar-refractivity contribution in [3.05, 3.63) is 181 Å². The fourth-order valence-electron chi connectivity index (χ4n) is 12.6. The largest absolute Gasteiger partial charge is 0.392 e. The zero-order valence-electron chi connectivity index (χ0n) is 52.1. The molecule has 3 saturated heterocycles. The number of pyridine rings is 3. The lowest BCUT2D eigenvalue weighted by Crippen LogP contribution is -2.43. The summed E-state index contributed by atoms with van der Waals surface area (Å²) in [6.07, 6.45) is 20.9. The first-order valence-corrected chi connectivity index (χ1v) is 36.8. The molecule has 1 aliphatic carbocycles. The number of sulfonamides is 3. The van der Waals surface area contributed by atoms with Crippen LogP contribution < -0.4 is 16.0 Å². The highest BCUT2D eigenvalue weighted by molar-refractivity contribution is 7.90. The molecular formula is C71H83N9O8S3. The van der Waals surface area contributed by atoms with Crippen molar-refractivity contribution in [3.8, 4) is 33.4 Å². The van der Waals surface area contributed by atoms with Crippen molar-refractivity contribution in [2.75, 3.05) is 67.2 Å². The van der Waals surface area contributed by atoms with Gasteiger partial charge in [0.05, 0.1) is 30.5 Å². The van der Waals surface area contributed by atoms with Crippen LogP contribution in [0.15, 0.2) is 165 Å². The maximum Gasteiger partial charge on any atom is 0.216 e. The van der Waals surface area contributed by atoms with Crippen LogP contribution >= 0.6 is 0 Å². The Balaban J connectivity index is 0.000000140. The second-order valence-corrected chi connectivity index (χ2v) is 30.8. The van der Waals surface area contributed by atoms with Crippen molar-refractivity contribution in [2.24, 2.45) is 0 Å². The summed E-state index contributed by atoms with van der Waals surface area (Å²) in [5, 5.41) is 36.3. The van der Waals surface area contributed by atoms with Gasteiger partial charge in [0.1, 0.15) is 0 Å². The van der Waals surface area contributed by atoms with Crippen LogP contribution in [-0.4, -0.2) is 138 Å². The highest BCUT2D eigenvalue weighted by Gasteiger charge is 2.41. The maximum atomic E-state index is 12.5. The van der Waals surface area contributed by atoms with E-state index in [2.05, 4.69) is 105 Å². The molecule has 478 valence electrons. The summed E-state index contributed by atoms with van der Waals surface area (Å²) < 4.78 is 77.7. The SMILES string of the molecule is CCCc1cccc(-c2cc(NC3CCN(S(=O)(=O)CC)CC3)c3cnccc3c2)c1.CS(=O)(=O)N1CCC(Nc2cc(-c3cccc(CO)c3)cc3ccncc23)CC1.O=S(=O)(C1CC1)N1CCC(Nc2cc(-c3cccc(CO)c3)cc3ccncc23)CC1. The van der Waals surface area contributed by atoms with E-state index in [-0.39, 0.29) is 42.3 Å². The number of fused-ring (bicyclic) bond motifs is 3. The van der Waals surface area contributed by atoms with Gasteiger partial charge in [-0.1, -0.05) is 74.0 Å². The average Bonchev–Trinajstić information content (AvgIpc) is 1.59. The maximum absolute atomic E-state index is 12.5. The third-order valence-electron chi connectivity index (χ3n) is 17.9. The van der Waals surface area contributed by atoms with Crippen LogP contribution in [-0.2, 0) is 49.7 Å². The van der Waals surface area contributed by atoms with Crippen LogP contribution in [0, 0.1) is 0 Å². The van der Waals surface area contributed by atoms with Crippen molar-refractivity contribution in [1.82, 2.24) is 27.9 Å². The van der Waals surface area contributed by atoms with E-state index in [1.165, 1.54) is 22.9 Å². The molecule has 0 unspecified atom stereocenters. The van der Waals surface area contributed by atoms with Crippen molar-refractivity contribution in [3.63, 3.8) is 0 Å². The molecular weight excluding hydrogens is 1200 g/mol. The lowest BCUT2D eigenvalue weighted by Gasteiger charge is -2.32. The van der Waals surface area contributed by atoms with Crippen molar-refractivity contribution in [1.29, 1.82) is 0 Å². The van der Waals surface area contributed by atoms with Crippen LogP contribution in [0.2, 0.25) is 0 Å². The number of aryl methyl sites for hydroxylation is 1. The number of hydrogen-bond acceptors (Lipinski definition) is 14. The Bertz CT molecular complexity index is 4360. The van der Waals surface area contributed by atoms with Crippen LogP contribution in [0.1, 0.15) is 88.3 Å². The number of aliphatic hydroxyl groups is 2. The quantitative estimate of drug-likeness (QED) is 0.0539. The molecule has 5 N–H and O–H groups in total. The summed E-state index contributed by atoms with van der Waals surface area (Å²) >= 11 is 0. The van der Waals surface area contributed by atoms with Crippen LogP contribution in [0.3, 0.4) is 0 Å². The Morgan fingerprint density at radius 3 is 1.15 bits per heavy atom. The number of piperidine rings is 3. The molecule has 3 aliphatic heterocycles. The summed E-state index contributed by atoms with van der Waals surface area (Å²) in [5.41, 5.74) is 12.8. The first-order chi connectivity index (χ1) is 44.0. The monoisotopic (exact) mass is 1290 g/mol. The molecule has 17 nitrogen and oxygen atoms in total. The zero-order valence-corrected chi connectivity index (χ0v) is 54.5. The van der Waals surface area contributed by atoms with Gasteiger partial charge < -0.3 is 26.2 Å². The summed E-state index contributed by atoms with van der Waals surface area (Å²) in [5.74, 6) is 0.167. The fourth-order valence-corrected chi connectivity index (χ4v) is 16.5. The van der Waals surface area contributed by atoms with Gasteiger partial charge in [0.2, 0.25) is 30.1 Å². The summed E-state index contributed by atoms with van der Waals surface area (Å²) in [6, 6.07) is 44.3. The molecule has 0 bridgehead atoms. The molecule has 0 atom stereocenters. The minimum Gasteiger partial charge on any atom is -0.392 e. The zero-order chi connectivity index (χ0) is 63.7. The van der Waals surface area contributed by atoms with Gasteiger partial charge in [-0.2, -0.15) is 0 Å². The summed E-state index contributed by atoms with van der Waals surface area (Å²) in [4.78, 5) is 12.9. The average molecular weight is 1290 g/mol. The smallest absolute Gasteiger partial charge is 0.216 e. The molecule has 0 amide bonds. The normalized spacial score (nSPS) is 16.8. The van der Waals surface area contributed by atoms with E-state index in [1.807, 2.05) is 85.5 Å². The number of benzene rings is 6. The predicted octanol–water partition coefficient (Wildman–Crippen LogP) is 12.1. The topological polar surface area (TPSA) is 227 Å². The number of anilines is 3. The Labute approximate surface area is 536 Å². The molecule has 9 aromatic rings. The van der Waals surface area contributed by atoms with Gasteiger partial charge >= 0.3 is 0 Å². The highest BCUT2D eigenvalue weighted by Crippen LogP contribution is 2.38. The van der Waals surface area contributed by atoms with Crippen molar-refractivity contribution in [2.45, 2.75) is 115 Å². The molecule has 4 fully saturated rings. The third-order valence-corrected chi connectivity index (χ3v) is 23.5. The first kappa shape index (κ1) is 65.1. The van der Waals surface area contributed by atoms with E-state index in [9.17, 15) is 35.5 Å². The number of rotatable bonds is 18. The van der Waals surface area contributed by atoms with Crippen LogP contribution in [0.5, 0.6) is 0 Å². The highest BCUT2D eigenvalue weighted by atomic mass is 32.2. The molecule has 0 spiro atoms. The summed E-state index contributed by atoms with van der Waals surface area (Å²) in [7, 11) is -9.33. The molecule has 4 aliphatic rings. The van der Waals surface area contributed by atoms with E-state index in [0.29, 0.717) is 39.3 Å². The van der Waals surface area contributed by atoms with Gasteiger partial charge in [0.15, 0.2) is 0 Å². The van der Waals surface area contributed by atoms with Crippen LogP contribution in [0.4, 0.5) is 17.1 Å². The number of hydrogen-bond donors (Lipinski definition) is 5. The van der Waals surface area contributed by atoms with E-state index in [0.717, 1.165) is 147 Å². The number of nitrogens with zero attached hydrogens (tertiary/aromatic N) is 6. The van der Waals surface area contributed by atoms with E-state index in [1.54, 1.807) is 32.2 Å². The van der Waals surface area contributed by atoms with Crippen molar-refractivity contribution >= 4 is 79.4 Å². The van der Waals surface area contributed by atoms with Crippen molar-refractivity contribution < 1.29 is 35.5 Å². The number of aliphatic hydroxyl groups excluding tert-OH is 2. The molecule has 20 heteroatoms. The van der Waals surface area contributed by atoms with E-state index in [4.69, 9.17) is 0 Å². The van der Waals surface area contributed by atoms with Gasteiger partial charge in [0, 0.05) is 128 Å². The second kappa shape index (κ2) is 29.0. The van der Waals surface area contributed by atoms with Gasteiger partial charge in [-0.25, -0.2) is 38.2 Å². The Hall–Kier alpha value is -7.40. The molecule has 6 heterocycles. The Morgan fingerprint density at radius 1 is 0.440 bits per heavy atom. The number of nitrogens with one attached hydrogen (secondary N) is 3. The Morgan fingerprint density at radius 2 is 0.802 bits per heavy atom. The van der Waals surface area contributed by atoms with Gasteiger partial charge in [-0.3, -0.25) is 15.0 Å². The lowest BCUT2D eigenvalue weighted by molar-refractivity contribution is 0.281. The molecule has 1 saturated carbocycles. The molecule has 3 aromatic heterocycles. The molecule has 13 rings (SSSR count). The standard InChI is InChI=1S/C25H31N3O2S.C24H27N3O3S.C22H25N3O3S/c1-3-6-19-7-5-8-20(15-19)22-16-21-9-12-26-18-24(21)25(17-22)27-23-10-13-28(14-11-23)31(29,30)4-2;28-16-17-2-1-3-18(12-17)20-13-19-6-9-25-15-23(19)24(14-20)26-21-7-10-27(11-8-21)31(29,30)22-4-5-22;1-29(27,28)25-9-6-20(7-10-25)24-22-13-19(12-18-5-8-23-14-21(18)22)17-4-2-3-16(11-17)15-26/h5,7-9,12,15-18,23,27H,3-4,6,10-11,13-14H2,1-2H3;1-3,6,9,12-15,21-22,26,28H,4-5,7-8,10-11,16H2;2-5,8,11-14,20,24,26H,6-7,9-10,15H2,1H3. The van der Waals surface area contributed by atoms with Gasteiger partial charge in [-0.05, 0) is 198 Å². The Kier molecular flexibility index (Phi) is 20.8. The van der Waals surface area contributed by atoms with Crippen LogP contribution in [0.25, 0.3) is 65.7 Å². The second-order valence-electron chi connectivity index (χ2n) is 24.4. The van der Waals surface area contributed by atoms with Gasteiger partial charge in [-0.15, -0.1) is 0 Å². The van der Waals surface area contributed by atoms with Gasteiger partial charge in [0.25, 0.3) is 0 Å². The predicted molar refractivity (Wildman–Crippen MR) is 368 cm³/mol. The molecule has 6 aromatic carbocycles. The minimum absolute atomic E-state index is 0.00928. The van der Waals surface area contributed by atoms with E-state index >= 15 is 0 Å². The minimum atomic E-state index is -3.13. The fraction of sp³-hybridized carbons (Fsp3) is 0.366. The number of aromatic nitrogens is 3. The summed E-state index contributed by atoms with van der Waals surface area (Å²) in [6.45, 7) is 7.29. The lowest BCUT2D eigenvalue weighted by atomic mass is 9.97.